The van der Waals surface area contributed by atoms with Gasteiger partial charge in [-0.2, -0.15) is 0 Å². The molecule has 0 saturated heterocycles. The van der Waals surface area contributed by atoms with Crippen molar-refractivity contribution in [2.24, 2.45) is 0 Å². The van der Waals surface area contributed by atoms with E-state index in [2.05, 4.69) is 0 Å². The van der Waals surface area contributed by atoms with Gasteiger partial charge in [0.1, 0.15) is 0 Å². The molecule has 0 aliphatic rings. The SMILES string of the molecule is C/C=C/c1ccc(OC(=O)c2cccc(COC)c2)c(OC)c1. The fraction of sp³-hybridized carbons (Fsp3) is 0.211. The Kier molecular flexibility index (Phi) is 5.94. The number of esters is 1. The lowest BCUT2D eigenvalue weighted by Gasteiger charge is -2.10. The van der Waals surface area contributed by atoms with E-state index in [4.69, 9.17) is 14.2 Å². The zero-order valence-corrected chi connectivity index (χ0v) is 13.5. The third-order valence-electron chi connectivity index (χ3n) is 3.22. The molecule has 0 N–H and O–H groups in total. The van der Waals surface area contributed by atoms with Crippen molar-refractivity contribution in [1.29, 1.82) is 0 Å². The summed E-state index contributed by atoms with van der Waals surface area (Å²) in [5.41, 5.74) is 2.36. The molecule has 0 aliphatic heterocycles. The summed E-state index contributed by atoms with van der Waals surface area (Å²) in [5, 5.41) is 0. The van der Waals surface area contributed by atoms with Crippen molar-refractivity contribution in [3.05, 3.63) is 65.2 Å². The standard InChI is InChI=1S/C19H20O4/c1-4-6-14-9-10-17(18(12-14)22-3)23-19(20)16-8-5-7-15(11-16)13-21-2/h4-12H,13H2,1-3H3/b6-4+. The zero-order chi connectivity index (χ0) is 16.7. The van der Waals surface area contributed by atoms with Gasteiger partial charge in [0.15, 0.2) is 11.5 Å². The molecule has 0 fully saturated rings. The van der Waals surface area contributed by atoms with Crippen LogP contribution in [0.5, 0.6) is 11.5 Å². The number of hydrogen-bond acceptors (Lipinski definition) is 4. The number of allylic oxidation sites excluding steroid dienone is 1. The van der Waals surface area contributed by atoms with Crippen LogP contribution in [0.15, 0.2) is 48.5 Å². The van der Waals surface area contributed by atoms with E-state index in [0.29, 0.717) is 23.7 Å². The van der Waals surface area contributed by atoms with Crippen molar-refractivity contribution in [2.45, 2.75) is 13.5 Å². The van der Waals surface area contributed by atoms with Crippen molar-refractivity contribution >= 4 is 12.0 Å². The molecule has 4 heteroatoms. The number of hydrogen-bond donors (Lipinski definition) is 0. The highest BCUT2D eigenvalue weighted by molar-refractivity contribution is 5.91. The normalized spacial score (nSPS) is 10.7. The maximum Gasteiger partial charge on any atom is 0.343 e. The highest BCUT2D eigenvalue weighted by Crippen LogP contribution is 2.29. The summed E-state index contributed by atoms with van der Waals surface area (Å²) in [6.45, 7) is 2.38. The van der Waals surface area contributed by atoms with Gasteiger partial charge in [0.05, 0.1) is 19.3 Å². The lowest BCUT2D eigenvalue weighted by Crippen LogP contribution is -2.09. The first-order valence-corrected chi connectivity index (χ1v) is 7.28. The van der Waals surface area contributed by atoms with E-state index in [1.54, 1.807) is 38.5 Å². The number of methoxy groups -OCH3 is 2. The number of benzene rings is 2. The molecule has 0 aromatic heterocycles. The van der Waals surface area contributed by atoms with E-state index in [1.807, 2.05) is 37.3 Å². The first kappa shape index (κ1) is 16.8. The summed E-state index contributed by atoms with van der Waals surface area (Å²) in [6.07, 6.45) is 3.88. The molecule has 2 aromatic rings. The van der Waals surface area contributed by atoms with Crippen LogP contribution in [0.2, 0.25) is 0 Å². The number of rotatable bonds is 6. The van der Waals surface area contributed by atoms with Crippen LogP contribution in [-0.4, -0.2) is 20.2 Å². The van der Waals surface area contributed by atoms with Gasteiger partial charge in [0, 0.05) is 7.11 Å². The van der Waals surface area contributed by atoms with Crippen LogP contribution in [0.4, 0.5) is 0 Å². The lowest BCUT2D eigenvalue weighted by molar-refractivity contribution is 0.0729. The average Bonchev–Trinajstić information content (AvgIpc) is 2.57. The Bertz CT molecular complexity index is 704. The topological polar surface area (TPSA) is 44.8 Å². The maximum atomic E-state index is 12.3. The van der Waals surface area contributed by atoms with E-state index in [9.17, 15) is 4.79 Å². The molecular weight excluding hydrogens is 292 g/mol. The Morgan fingerprint density at radius 3 is 2.61 bits per heavy atom. The quantitative estimate of drug-likeness (QED) is 0.595. The van der Waals surface area contributed by atoms with E-state index in [-0.39, 0.29) is 0 Å². The Hall–Kier alpha value is -2.59. The van der Waals surface area contributed by atoms with Gasteiger partial charge in [0.2, 0.25) is 0 Å². The van der Waals surface area contributed by atoms with Crippen molar-refractivity contribution in [3.8, 4) is 11.5 Å². The fourth-order valence-corrected chi connectivity index (χ4v) is 2.18. The smallest absolute Gasteiger partial charge is 0.343 e. The lowest BCUT2D eigenvalue weighted by atomic mass is 10.1. The van der Waals surface area contributed by atoms with Crippen molar-refractivity contribution in [2.75, 3.05) is 14.2 Å². The molecule has 0 bridgehead atoms. The molecule has 2 rings (SSSR count). The van der Waals surface area contributed by atoms with Crippen LogP contribution >= 0.6 is 0 Å². The van der Waals surface area contributed by atoms with Crippen LogP contribution in [0, 0.1) is 0 Å². The van der Waals surface area contributed by atoms with Gasteiger partial charge in [-0.3, -0.25) is 0 Å². The fourth-order valence-electron chi connectivity index (χ4n) is 2.18. The van der Waals surface area contributed by atoms with Gasteiger partial charge >= 0.3 is 5.97 Å². The molecule has 0 saturated carbocycles. The number of carbonyl (C=O) groups is 1. The van der Waals surface area contributed by atoms with Crippen molar-refractivity contribution < 1.29 is 19.0 Å². The molecule has 0 atom stereocenters. The molecule has 4 nitrogen and oxygen atoms in total. The van der Waals surface area contributed by atoms with E-state index in [0.717, 1.165) is 11.1 Å². The van der Waals surface area contributed by atoms with Crippen LogP contribution in [-0.2, 0) is 11.3 Å². The molecule has 0 spiro atoms. The molecule has 0 aliphatic carbocycles. The van der Waals surface area contributed by atoms with Gasteiger partial charge in [-0.25, -0.2) is 4.79 Å². The van der Waals surface area contributed by atoms with Gasteiger partial charge in [0.25, 0.3) is 0 Å². The summed E-state index contributed by atoms with van der Waals surface area (Å²) in [6, 6.07) is 12.6. The van der Waals surface area contributed by atoms with Gasteiger partial charge in [-0.1, -0.05) is 30.4 Å². The highest BCUT2D eigenvalue weighted by Gasteiger charge is 2.13. The van der Waals surface area contributed by atoms with Crippen LogP contribution in [0.3, 0.4) is 0 Å². The molecule has 0 unspecified atom stereocenters. The van der Waals surface area contributed by atoms with E-state index < -0.39 is 5.97 Å². The first-order chi connectivity index (χ1) is 11.2. The Morgan fingerprint density at radius 2 is 1.91 bits per heavy atom. The molecule has 0 amide bonds. The van der Waals surface area contributed by atoms with E-state index in [1.165, 1.54) is 0 Å². The summed E-state index contributed by atoms with van der Waals surface area (Å²) in [7, 11) is 3.16. The average molecular weight is 312 g/mol. The summed E-state index contributed by atoms with van der Waals surface area (Å²) < 4.78 is 15.8. The number of ether oxygens (including phenoxy) is 3. The monoisotopic (exact) mass is 312 g/mol. The third kappa shape index (κ3) is 4.44. The zero-order valence-electron chi connectivity index (χ0n) is 13.5. The number of carbonyl (C=O) groups excluding carboxylic acids is 1. The summed E-state index contributed by atoms with van der Waals surface area (Å²) >= 11 is 0. The molecule has 0 heterocycles. The second kappa shape index (κ2) is 8.15. The van der Waals surface area contributed by atoms with Crippen LogP contribution in [0.1, 0.15) is 28.4 Å². The van der Waals surface area contributed by atoms with Gasteiger partial charge in [-0.05, 0) is 42.3 Å². The first-order valence-electron chi connectivity index (χ1n) is 7.28. The minimum atomic E-state index is -0.431. The van der Waals surface area contributed by atoms with Crippen LogP contribution < -0.4 is 9.47 Å². The van der Waals surface area contributed by atoms with Gasteiger partial charge < -0.3 is 14.2 Å². The Morgan fingerprint density at radius 1 is 1.09 bits per heavy atom. The van der Waals surface area contributed by atoms with Crippen molar-refractivity contribution in [1.82, 2.24) is 0 Å². The maximum absolute atomic E-state index is 12.3. The Balaban J connectivity index is 2.21. The minimum absolute atomic E-state index is 0.392. The summed E-state index contributed by atoms with van der Waals surface area (Å²) in [4.78, 5) is 12.3. The van der Waals surface area contributed by atoms with Crippen molar-refractivity contribution in [3.63, 3.8) is 0 Å². The second-order valence-electron chi connectivity index (χ2n) is 4.93. The van der Waals surface area contributed by atoms with Gasteiger partial charge in [-0.15, -0.1) is 0 Å². The molecule has 2 aromatic carbocycles. The molecular formula is C19H20O4. The predicted octanol–water partition coefficient (Wildman–Crippen LogP) is 4.09. The summed E-state index contributed by atoms with van der Waals surface area (Å²) in [5.74, 6) is 0.477. The largest absolute Gasteiger partial charge is 0.493 e. The minimum Gasteiger partial charge on any atom is -0.493 e. The van der Waals surface area contributed by atoms with E-state index >= 15 is 0 Å². The third-order valence-corrected chi connectivity index (χ3v) is 3.22. The Labute approximate surface area is 136 Å². The van der Waals surface area contributed by atoms with Crippen LogP contribution in [0.25, 0.3) is 6.08 Å². The molecule has 0 radical (unpaired) electrons. The molecule has 23 heavy (non-hydrogen) atoms. The molecule has 120 valence electrons. The predicted molar refractivity (Wildman–Crippen MR) is 89.8 cm³/mol. The second-order valence-corrected chi connectivity index (χ2v) is 4.93. The highest BCUT2D eigenvalue weighted by atomic mass is 16.6.